The maximum atomic E-state index is 10.8. The Kier molecular flexibility index (Phi) is 7.47. The molecule has 0 unspecified atom stereocenters. The van der Waals surface area contributed by atoms with Crippen molar-refractivity contribution in [3.05, 3.63) is 0 Å². The van der Waals surface area contributed by atoms with Gasteiger partial charge >= 0.3 is 0 Å². The zero-order valence-corrected chi connectivity index (χ0v) is 7.65. The number of Topliss-reactive ketones (excluding diaryl/α,β-unsaturated/α-hetero) is 1. The van der Waals surface area contributed by atoms with Gasteiger partial charge in [-0.3, -0.25) is 4.79 Å². The van der Waals surface area contributed by atoms with Gasteiger partial charge in [0, 0.05) is 12.8 Å². The lowest BCUT2D eigenvalue weighted by Crippen LogP contribution is -2.14. The predicted octanol–water partition coefficient (Wildman–Crippen LogP) is 1.75. The Morgan fingerprint density at radius 2 is 2.00 bits per heavy atom. The van der Waals surface area contributed by atoms with Crippen molar-refractivity contribution < 1.29 is 4.79 Å². The molecule has 0 heterocycles. The van der Waals surface area contributed by atoms with Gasteiger partial charge in [-0.25, -0.2) is 0 Å². The van der Waals surface area contributed by atoms with Crippen LogP contribution >= 0.6 is 0 Å². The number of nitrogens with one attached hydrogen (secondary N) is 1. The molecule has 0 aliphatic carbocycles. The minimum absolute atomic E-state index is 0.390. The van der Waals surface area contributed by atoms with E-state index in [0.29, 0.717) is 12.2 Å². The van der Waals surface area contributed by atoms with Crippen LogP contribution in [-0.2, 0) is 4.79 Å². The van der Waals surface area contributed by atoms with E-state index in [-0.39, 0.29) is 0 Å². The average molecular weight is 157 g/mol. The minimum atomic E-state index is 0.390. The third-order valence-corrected chi connectivity index (χ3v) is 1.70. The van der Waals surface area contributed by atoms with Crippen molar-refractivity contribution in [3.8, 4) is 0 Å². The van der Waals surface area contributed by atoms with Crippen molar-refractivity contribution in [1.82, 2.24) is 5.32 Å². The highest BCUT2D eigenvalue weighted by Gasteiger charge is 1.96. The van der Waals surface area contributed by atoms with Crippen LogP contribution in [0.5, 0.6) is 0 Å². The summed E-state index contributed by atoms with van der Waals surface area (Å²) in [5, 5.41) is 3.23. The monoisotopic (exact) mass is 157 g/mol. The highest BCUT2D eigenvalue weighted by molar-refractivity contribution is 5.77. The summed E-state index contributed by atoms with van der Waals surface area (Å²) in [5.41, 5.74) is 0. The number of ketones is 1. The largest absolute Gasteiger partial charge is 0.317 e. The van der Waals surface area contributed by atoms with Gasteiger partial charge < -0.3 is 5.32 Å². The van der Waals surface area contributed by atoms with E-state index < -0.39 is 0 Å². The van der Waals surface area contributed by atoms with Gasteiger partial charge in [-0.1, -0.05) is 13.8 Å². The molecule has 2 nitrogen and oxygen atoms in total. The molecule has 0 atom stereocenters. The summed E-state index contributed by atoms with van der Waals surface area (Å²) in [4.78, 5) is 10.8. The highest BCUT2D eigenvalue weighted by Crippen LogP contribution is 1.97. The molecule has 0 aliphatic rings. The molecule has 0 bridgehead atoms. The molecule has 0 aromatic carbocycles. The molecule has 0 aromatic rings. The van der Waals surface area contributed by atoms with Crippen molar-refractivity contribution in [2.24, 2.45) is 0 Å². The molecule has 11 heavy (non-hydrogen) atoms. The maximum Gasteiger partial charge on any atom is 0.132 e. The number of carbonyl (C=O) groups is 1. The van der Waals surface area contributed by atoms with Gasteiger partial charge in [0.1, 0.15) is 5.78 Å². The van der Waals surface area contributed by atoms with Gasteiger partial charge in [0.2, 0.25) is 0 Å². The lowest BCUT2D eigenvalue weighted by Gasteiger charge is -1.99. The van der Waals surface area contributed by atoms with Gasteiger partial charge in [-0.15, -0.1) is 0 Å². The lowest BCUT2D eigenvalue weighted by atomic mass is 10.1. The van der Waals surface area contributed by atoms with Crippen molar-refractivity contribution in [1.29, 1.82) is 0 Å². The van der Waals surface area contributed by atoms with Crippen LogP contribution in [0.2, 0.25) is 0 Å². The molecule has 0 amide bonds. The van der Waals surface area contributed by atoms with Crippen LogP contribution in [0, 0.1) is 0 Å². The Bertz CT molecular complexity index is 102. The molecule has 66 valence electrons. The van der Waals surface area contributed by atoms with Gasteiger partial charge in [0.05, 0.1) is 0 Å². The van der Waals surface area contributed by atoms with E-state index >= 15 is 0 Å². The summed E-state index contributed by atoms with van der Waals surface area (Å²) in [6, 6.07) is 0. The summed E-state index contributed by atoms with van der Waals surface area (Å²) < 4.78 is 0. The van der Waals surface area contributed by atoms with Crippen molar-refractivity contribution >= 4 is 5.78 Å². The molecule has 0 aromatic heterocycles. The molecule has 0 aliphatic heterocycles. The third kappa shape index (κ3) is 7.53. The first-order valence-corrected chi connectivity index (χ1v) is 4.53. The van der Waals surface area contributed by atoms with E-state index in [1.54, 1.807) is 0 Å². The second-order valence-electron chi connectivity index (χ2n) is 2.70. The number of carbonyl (C=O) groups excluding carboxylic acids is 1. The first-order valence-electron chi connectivity index (χ1n) is 4.53. The van der Waals surface area contributed by atoms with E-state index in [9.17, 15) is 4.79 Å². The maximum absolute atomic E-state index is 10.8. The lowest BCUT2D eigenvalue weighted by molar-refractivity contribution is -0.118. The second-order valence-corrected chi connectivity index (χ2v) is 2.70. The second kappa shape index (κ2) is 7.73. The van der Waals surface area contributed by atoms with E-state index in [2.05, 4.69) is 12.2 Å². The van der Waals surface area contributed by atoms with Crippen LogP contribution in [0.1, 0.15) is 39.5 Å². The fourth-order valence-corrected chi connectivity index (χ4v) is 0.926. The van der Waals surface area contributed by atoms with Crippen LogP contribution < -0.4 is 5.32 Å². The fraction of sp³-hybridized carbons (Fsp3) is 0.889. The Morgan fingerprint density at radius 3 is 2.55 bits per heavy atom. The molecule has 0 radical (unpaired) electrons. The number of hydrogen-bond donors (Lipinski definition) is 1. The molecule has 0 rings (SSSR count). The molecular weight excluding hydrogens is 138 g/mol. The van der Waals surface area contributed by atoms with Crippen LogP contribution in [0.15, 0.2) is 0 Å². The summed E-state index contributed by atoms with van der Waals surface area (Å²) in [7, 11) is 0. The van der Waals surface area contributed by atoms with Gasteiger partial charge in [0.25, 0.3) is 0 Å². The average Bonchev–Trinajstić information content (AvgIpc) is 2.04. The van der Waals surface area contributed by atoms with Crippen LogP contribution in [0.3, 0.4) is 0 Å². The summed E-state index contributed by atoms with van der Waals surface area (Å²) in [5.74, 6) is 0.390. The number of unbranched alkanes of at least 4 members (excludes halogenated alkanes) is 1. The summed E-state index contributed by atoms with van der Waals surface area (Å²) in [6.07, 6.45) is 3.63. The molecule has 1 N–H and O–H groups in total. The standard InChI is InChI=1S/C9H19NO/c1-3-9(11)7-5-6-8-10-4-2/h10H,3-8H2,1-2H3. The van der Waals surface area contributed by atoms with Crippen LogP contribution in [0.4, 0.5) is 0 Å². The van der Waals surface area contributed by atoms with Crippen molar-refractivity contribution in [2.75, 3.05) is 13.1 Å². The van der Waals surface area contributed by atoms with Gasteiger partial charge in [-0.05, 0) is 25.9 Å². The molecule has 2 heteroatoms. The van der Waals surface area contributed by atoms with Gasteiger partial charge in [-0.2, -0.15) is 0 Å². The predicted molar refractivity (Wildman–Crippen MR) is 47.7 cm³/mol. The first kappa shape index (κ1) is 10.6. The van der Waals surface area contributed by atoms with Crippen molar-refractivity contribution in [3.63, 3.8) is 0 Å². The number of rotatable bonds is 7. The quantitative estimate of drug-likeness (QED) is 0.570. The van der Waals surface area contributed by atoms with E-state index in [4.69, 9.17) is 0 Å². The third-order valence-electron chi connectivity index (χ3n) is 1.70. The SMILES string of the molecule is CCNCCCCC(=O)CC. The zero-order chi connectivity index (χ0) is 8.53. The summed E-state index contributed by atoms with van der Waals surface area (Å²) >= 11 is 0. The van der Waals surface area contributed by atoms with E-state index in [1.165, 1.54) is 0 Å². The molecule has 0 spiro atoms. The Labute approximate surface area is 69.4 Å². The van der Waals surface area contributed by atoms with Gasteiger partial charge in [0.15, 0.2) is 0 Å². The first-order chi connectivity index (χ1) is 5.31. The molecule has 0 fully saturated rings. The molecular formula is C9H19NO. The fourth-order valence-electron chi connectivity index (χ4n) is 0.926. The Morgan fingerprint density at radius 1 is 1.27 bits per heavy atom. The van der Waals surface area contributed by atoms with E-state index in [0.717, 1.165) is 32.4 Å². The van der Waals surface area contributed by atoms with Crippen molar-refractivity contribution in [2.45, 2.75) is 39.5 Å². The van der Waals surface area contributed by atoms with E-state index in [1.807, 2.05) is 6.92 Å². The molecule has 0 saturated carbocycles. The normalized spacial score (nSPS) is 10.0. The Hall–Kier alpha value is -0.370. The highest BCUT2D eigenvalue weighted by atomic mass is 16.1. The Balaban J connectivity index is 2.95. The summed E-state index contributed by atoms with van der Waals surface area (Å²) in [6.45, 7) is 6.10. The van der Waals surface area contributed by atoms with Crippen LogP contribution in [-0.4, -0.2) is 18.9 Å². The van der Waals surface area contributed by atoms with Crippen LogP contribution in [0.25, 0.3) is 0 Å². The molecule has 0 saturated heterocycles. The number of hydrogen-bond acceptors (Lipinski definition) is 2. The minimum Gasteiger partial charge on any atom is -0.317 e. The zero-order valence-electron chi connectivity index (χ0n) is 7.65. The smallest absolute Gasteiger partial charge is 0.132 e. The topological polar surface area (TPSA) is 29.1 Å².